The predicted octanol–water partition coefficient (Wildman–Crippen LogP) is 5.30. The number of methoxy groups -OCH3 is 1. The van der Waals surface area contributed by atoms with Crippen LogP contribution in [0.4, 0.5) is 0 Å². The van der Waals surface area contributed by atoms with Crippen molar-refractivity contribution in [3.8, 4) is 22.6 Å². The summed E-state index contributed by atoms with van der Waals surface area (Å²) >= 11 is 0. The van der Waals surface area contributed by atoms with E-state index in [4.69, 9.17) is 9.15 Å². The van der Waals surface area contributed by atoms with E-state index in [1.54, 1.807) is 25.4 Å². The van der Waals surface area contributed by atoms with Crippen LogP contribution in [0.25, 0.3) is 22.1 Å². The van der Waals surface area contributed by atoms with Crippen LogP contribution >= 0.6 is 0 Å². The highest BCUT2D eigenvalue weighted by Gasteiger charge is 2.26. The zero-order valence-corrected chi connectivity index (χ0v) is 18.5. The first-order valence-electron chi connectivity index (χ1n) is 11.2. The Bertz CT molecular complexity index is 1320. The van der Waals surface area contributed by atoms with Crippen molar-refractivity contribution in [2.75, 3.05) is 13.7 Å². The Hall–Kier alpha value is -3.64. The van der Waals surface area contributed by atoms with E-state index >= 15 is 0 Å². The minimum Gasteiger partial charge on any atom is -0.507 e. The normalized spacial score (nSPS) is 16.7. The minimum atomic E-state index is -0.120. The molecule has 6 nitrogen and oxygen atoms in total. The molecular weight excluding hydrogens is 416 g/mol. The van der Waals surface area contributed by atoms with Crippen molar-refractivity contribution < 1.29 is 14.3 Å². The molecule has 1 fully saturated rings. The fourth-order valence-electron chi connectivity index (χ4n) is 4.70. The number of hydrogen-bond acceptors (Lipinski definition) is 6. The molecule has 2 aromatic heterocycles. The van der Waals surface area contributed by atoms with E-state index in [1.807, 2.05) is 36.5 Å². The number of likely N-dealkylation sites (tertiary alicyclic amines) is 1. The Morgan fingerprint density at radius 1 is 1.15 bits per heavy atom. The monoisotopic (exact) mass is 442 g/mol. The fraction of sp³-hybridized carbons (Fsp3) is 0.259. The van der Waals surface area contributed by atoms with E-state index in [0.717, 1.165) is 37.1 Å². The fourth-order valence-corrected chi connectivity index (χ4v) is 4.70. The average Bonchev–Trinajstić information content (AvgIpc) is 2.87. The number of nitrogens with zero attached hydrogens (tertiary/aromatic N) is 2. The summed E-state index contributed by atoms with van der Waals surface area (Å²) in [7, 11) is 1.61. The Morgan fingerprint density at radius 2 is 2.00 bits per heavy atom. The van der Waals surface area contributed by atoms with Crippen LogP contribution < -0.4 is 10.2 Å². The summed E-state index contributed by atoms with van der Waals surface area (Å²) < 4.78 is 11.2. The van der Waals surface area contributed by atoms with E-state index in [1.165, 1.54) is 11.8 Å². The SMILES string of the molecule is COc1ccc(-c2coc3c(CN4CCCC[C@H]4c4cccnc4)c(O)ccc3c2=O)cc1. The van der Waals surface area contributed by atoms with E-state index < -0.39 is 0 Å². The van der Waals surface area contributed by atoms with Crippen LogP contribution in [0.2, 0.25) is 0 Å². The molecule has 0 radical (unpaired) electrons. The van der Waals surface area contributed by atoms with E-state index in [-0.39, 0.29) is 17.2 Å². The van der Waals surface area contributed by atoms with E-state index in [9.17, 15) is 9.90 Å². The van der Waals surface area contributed by atoms with Gasteiger partial charge in [0.1, 0.15) is 23.3 Å². The number of benzene rings is 2. The van der Waals surface area contributed by atoms with Crippen LogP contribution in [0.1, 0.15) is 36.4 Å². The lowest BCUT2D eigenvalue weighted by molar-refractivity contribution is 0.139. The maximum atomic E-state index is 13.3. The smallest absolute Gasteiger partial charge is 0.200 e. The van der Waals surface area contributed by atoms with E-state index in [2.05, 4.69) is 16.0 Å². The lowest BCUT2D eigenvalue weighted by Gasteiger charge is -2.36. The van der Waals surface area contributed by atoms with Crippen molar-refractivity contribution in [1.82, 2.24) is 9.88 Å². The third-order valence-electron chi connectivity index (χ3n) is 6.46. The number of aromatic hydroxyl groups is 1. The van der Waals surface area contributed by atoms with Gasteiger partial charge in [0, 0.05) is 25.0 Å². The molecule has 0 saturated carbocycles. The van der Waals surface area contributed by atoms with Crippen LogP contribution in [-0.2, 0) is 6.54 Å². The number of aromatic nitrogens is 1. The zero-order valence-electron chi connectivity index (χ0n) is 18.5. The van der Waals surface area contributed by atoms with Gasteiger partial charge in [-0.15, -0.1) is 0 Å². The van der Waals surface area contributed by atoms with Gasteiger partial charge in [0.05, 0.1) is 23.6 Å². The van der Waals surface area contributed by atoms with Crippen LogP contribution in [0.15, 0.2) is 76.4 Å². The highest BCUT2D eigenvalue weighted by molar-refractivity contribution is 5.85. The van der Waals surface area contributed by atoms with Crippen molar-refractivity contribution in [1.29, 1.82) is 0 Å². The number of piperidine rings is 1. The van der Waals surface area contributed by atoms with Gasteiger partial charge in [-0.3, -0.25) is 14.7 Å². The summed E-state index contributed by atoms with van der Waals surface area (Å²) in [6.45, 7) is 1.40. The predicted molar refractivity (Wildman–Crippen MR) is 127 cm³/mol. The summed E-state index contributed by atoms with van der Waals surface area (Å²) in [5.74, 6) is 0.860. The summed E-state index contributed by atoms with van der Waals surface area (Å²) in [5, 5.41) is 11.2. The first-order valence-corrected chi connectivity index (χ1v) is 11.2. The number of phenolic OH excluding ortho intramolecular Hbond substituents is 1. The Balaban J connectivity index is 1.53. The van der Waals surface area contributed by atoms with Gasteiger partial charge in [-0.2, -0.15) is 0 Å². The van der Waals surface area contributed by atoms with Crippen molar-refractivity contribution in [2.45, 2.75) is 31.8 Å². The molecule has 1 saturated heterocycles. The molecule has 6 heteroatoms. The van der Waals surface area contributed by atoms with Crippen LogP contribution in [0, 0.1) is 0 Å². The molecule has 4 aromatic rings. The standard InChI is InChI=1S/C27H26N2O4/c1-32-20-9-7-18(8-10-20)23-17-33-27-21(26(23)31)11-12-25(30)22(27)16-29-14-3-2-6-24(29)19-5-4-13-28-15-19/h4-5,7-13,15,17,24,30H,2-3,6,14,16H2,1H3/t24-/m0/s1. The summed E-state index contributed by atoms with van der Waals surface area (Å²) in [6.07, 6.45) is 8.45. The lowest BCUT2D eigenvalue weighted by Crippen LogP contribution is -2.33. The van der Waals surface area contributed by atoms with Gasteiger partial charge in [-0.1, -0.05) is 24.6 Å². The van der Waals surface area contributed by atoms with Crippen LogP contribution in [-0.4, -0.2) is 28.6 Å². The molecule has 168 valence electrons. The van der Waals surface area contributed by atoms with Crippen molar-refractivity contribution >= 4 is 11.0 Å². The molecular formula is C27H26N2O4. The molecule has 33 heavy (non-hydrogen) atoms. The van der Waals surface area contributed by atoms with Gasteiger partial charge in [-0.05, 0) is 60.8 Å². The van der Waals surface area contributed by atoms with Crippen molar-refractivity contribution in [3.05, 3.63) is 88.5 Å². The molecule has 0 aliphatic carbocycles. The average molecular weight is 443 g/mol. The quantitative estimate of drug-likeness (QED) is 0.452. The van der Waals surface area contributed by atoms with Crippen LogP contribution in [0.5, 0.6) is 11.5 Å². The number of pyridine rings is 1. The molecule has 0 amide bonds. The van der Waals surface area contributed by atoms with Crippen LogP contribution in [0.3, 0.4) is 0 Å². The number of rotatable bonds is 5. The van der Waals surface area contributed by atoms with Gasteiger partial charge in [-0.25, -0.2) is 0 Å². The molecule has 1 atom stereocenters. The molecule has 0 spiro atoms. The van der Waals surface area contributed by atoms with Crippen molar-refractivity contribution in [2.24, 2.45) is 0 Å². The van der Waals surface area contributed by atoms with Gasteiger partial charge in [0.15, 0.2) is 0 Å². The lowest BCUT2D eigenvalue weighted by atomic mass is 9.95. The highest BCUT2D eigenvalue weighted by atomic mass is 16.5. The first kappa shape index (κ1) is 21.2. The summed E-state index contributed by atoms with van der Waals surface area (Å²) in [5.41, 5.74) is 3.36. The number of hydrogen-bond donors (Lipinski definition) is 1. The molecule has 1 N–H and O–H groups in total. The number of ether oxygens (including phenoxy) is 1. The molecule has 0 unspecified atom stereocenters. The molecule has 0 bridgehead atoms. The molecule has 3 heterocycles. The minimum absolute atomic E-state index is 0.120. The molecule has 5 rings (SSSR count). The third-order valence-corrected chi connectivity index (χ3v) is 6.46. The third kappa shape index (κ3) is 4.10. The van der Waals surface area contributed by atoms with Gasteiger partial charge < -0.3 is 14.3 Å². The second kappa shape index (κ2) is 9.08. The van der Waals surface area contributed by atoms with Gasteiger partial charge in [0.2, 0.25) is 5.43 Å². The Labute approximate surface area is 192 Å². The Morgan fingerprint density at radius 3 is 2.76 bits per heavy atom. The maximum absolute atomic E-state index is 13.3. The number of phenols is 1. The van der Waals surface area contributed by atoms with E-state index in [0.29, 0.717) is 28.6 Å². The summed E-state index contributed by atoms with van der Waals surface area (Å²) in [6, 6.07) is 14.8. The van der Waals surface area contributed by atoms with Gasteiger partial charge in [0.25, 0.3) is 0 Å². The maximum Gasteiger partial charge on any atom is 0.200 e. The zero-order chi connectivity index (χ0) is 22.8. The first-order chi connectivity index (χ1) is 16.2. The highest BCUT2D eigenvalue weighted by Crippen LogP contribution is 2.35. The molecule has 1 aliphatic heterocycles. The molecule has 2 aromatic carbocycles. The summed E-state index contributed by atoms with van der Waals surface area (Å²) in [4.78, 5) is 20.0. The molecule has 1 aliphatic rings. The second-order valence-electron chi connectivity index (χ2n) is 8.42. The van der Waals surface area contributed by atoms with Crippen molar-refractivity contribution in [3.63, 3.8) is 0 Å². The second-order valence-corrected chi connectivity index (χ2v) is 8.42. The largest absolute Gasteiger partial charge is 0.507 e. The van der Waals surface area contributed by atoms with Gasteiger partial charge >= 0.3 is 0 Å². The topological polar surface area (TPSA) is 75.8 Å². The number of fused-ring (bicyclic) bond motifs is 1. The Kier molecular flexibility index (Phi) is 5.84.